The summed E-state index contributed by atoms with van der Waals surface area (Å²) in [6.45, 7) is 7.27. The van der Waals surface area contributed by atoms with Crippen LogP contribution in [0.2, 0.25) is 0 Å². The number of amides is 2. The molecule has 7 heteroatoms. The molecule has 0 heterocycles. The summed E-state index contributed by atoms with van der Waals surface area (Å²) in [6.07, 6.45) is 0.743. The zero-order valence-electron chi connectivity index (χ0n) is 16.4. The molecule has 3 atom stereocenters. The quantitative estimate of drug-likeness (QED) is 0.490. The van der Waals surface area contributed by atoms with Crippen molar-refractivity contribution in [1.29, 1.82) is 0 Å². The maximum atomic E-state index is 12.6. The lowest BCUT2D eigenvalue weighted by Crippen LogP contribution is -2.56. The molecule has 1 aromatic rings. The molecular weight excluding hydrogens is 346 g/mol. The number of hydrogen-bond donors (Lipinski definition) is 4. The van der Waals surface area contributed by atoms with Crippen molar-refractivity contribution < 1.29 is 19.5 Å². The molecule has 5 N–H and O–H groups in total. The van der Waals surface area contributed by atoms with Crippen LogP contribution in [0.1, 0.15) is 39.7 Å². The number of carbonyl (C=O) groups is 3. The molecule has 27 heavy (non-hydrogen) atoms. The van der Waals surface area contributed by atoms with E-state index in [1.54, 1.807) is 13.8 Å². The second-order valence-corrected chi connectivity index (χ2v) is 7.56. The lowest BCUT2D eigenvalue weighted by molar-refractivity contribution is -0.143. The van der Waals surface area contributed by atoms with Gasteiger partial charge in [-0.1, -0.05) is 58.0 Å². The molecule has 0 spiro atoms. The summed E-state index contributed by atoms with van der Waals surface area (Å²) in [5.41, 5.74) is 6.91. The van der Waals surface area contributed by atoms with Crippen LogP contribution < -0.4 is 16.4 Å². The van der Waals surface area contributed by atoms with E-state index in [9.17, 15) is 19.5 Å². The molecule has 0 unspecified atom stereocenters. The highest BCUT2D eigenvalue weighted by molar-refractivity contribution is 5.91. The van der Waals surface area contributed by atoms with E-state index in [0.29, 0.717) is 12.8 Å². The molecule has 0 bridgehead atoms. The topological polar surface area (TPSA) is 122 Å². The van der Waals surface area contributed by atoms with E-state index < -0.39 is 35.9 Å². The number of hydrogen-bond acceptors (Lipinski definition) is 4. The van der Waals surface area contributed by atoms with Gasteiger partial charge in [-0.25, -0.2) is 4.79 Å². The molecule has 1 rings (SSSR count). The fourth-order valence-corrected chi connectivity index (χ4v) is 2.71. The van der Waals surface area contributed by atoms with Crippen LogP contribution >= 0.6 is 0 Å². The second-order valence-electron chi connectivity index (χ2n) is 7.56. The minimum atomic E-state index is -1.10. The Morgan fingerprint density at radius 1 is 1.00 bits per heavy atom. The van der Waals surface area contributed by atoms with Gasteiger partial charge in [-0.15, -0.1) is 0 Å². The molecule has 0 saturated carbocycles. The third-order valence-electron chi connectivity index (χ3n) is 4.21. The maximum Gasteiger partial charge on any atom is 0.326 e. The number of aliphatic carboxylic acids is 1. The van der Waals surface area contributed by atoms with Crippen molar-refractivity contribution in [3.63, 3.8) is 0 Å². The van der Waals surface area contributed by atoms with Crippen molar-refractivity contribution in [2.45, 2.75) is 58.7 Å². The van der Waals surface area contributed by atoms with Crippen molar-refractivity contribution >= 4 is 17.8 Å². The van der Waals surface area contributed by atoms with Crippen LogP contribution in [0.15, 0.2) is 30.3 Å². The van der Waals surface area contributed by atoms with Gasteiger partial charge in [0.15, 0.2) is 0 Å². The third kappa shape index (κ3) is 7.78. The summed E-state index contributed by atoms with van der Waals surface area (Å²) in [5, 5.41) is 14.5. The molecule has 2 amide bonds. The first-order valence-electron chi connectivity index (χ1n) is 9.24. The molecule has 0 aliphatic carbocycles. The van der Waals surface area contributed by atoms with Crippen molar-refractivity contribution in [2.75, 3.05) is 0 Å². The number of carboxylic acids is 1. The van der Waals surface area contributed by atoms with Gasteiger partial charge in [-0.2, -0.15) is 0 Å². The van der Waals surface area contributed by atoms with Gasteiger partial charge in [-0.05, 0) is 30.2 Å². The van der Waals surface area contributed by atoms with E-state index in [1.165, 1.54) is 0 Å². The number of benzene rings is 1. The van der Waals surface area contributed by atoms with E-state index in [0.717, 1.165) is 5.56 Å². The van der Waals surface area contributed by atoms with E-state index >= 15 is 0 Å². The smallest absolute Gasteiger partial charge is 0.326 e. The van der Waals surface area contributed by atoms with Gasteiger partial charge in [0, 0.05) is 0 Å². The molecule has 1 aromatic carbocycles. The van der Waals surface area contributed by atoms with Gasteiger partial charge in [-0.3, -0.25) is 9.59 Å². The summed E-state index contributed by atoms with van der Waals surface area (Å²) < 4.78 is 0. The van der Waals surface area contributed by atoms with Crippen LogP contribution in [0.5, 0.6) is 0 Å². The zero-order valence-corrected chi connectivity index (χ0v) is 16.4. The Bertz CT molecular complexity index is 631. The number of nitrogens with one attached hydrogen (secondary N) is 2. The molecule has 0 aliphatic rings. The van der Waals surface area contributed by atoms with Crippen molar-refractivity contribution in [3.8, 4) is 0 Å². The summed E-state index contributed by atoms with van der Waals surface area (Å²) in [7, 11) is 0. The average molecular weight is 377 g/mol. The van der Waals surface area contributed by atoms with Gasteiger partial charge in [0.25, 0.3) is 0 Å². The summed E-state index contributed by atoms with van der Waals surface area (Å²) in [4.78, 5) is 36.4. The maximum absolute atomic E-state index is 12.6. The normalized spacial score (nSPS) is 14.5. The SMILES string of the molecule is CC(C)C[C@H](NC(=O)[C@@H](N)Cc1ccccc1)C(=O)N[C@H](C(=O)O)C(C)C. The minimum Gasteiger partial charge on any atom is -0.480 e. The predicted octanol–water partition coefficient (Wildman–Crippen LogP) is 1.31. The highest BCUT2D eigenvalue weighted by Crippen LogP contribution is 2.09. The summed E-state index contributed by atoms with van der Waals surface area (Å²) in [6, 6.07) is 6.74. The number of rotatable bonds is 10. The number of carboxylic acid groups (broad SMARTS) is 1. The Labute approximate surface area is 160 Å². The minimum absolute atomic E-state index is 0.133. The molecule has 0 saturated heterocycles. The lowest BCUT2D eigenvalue weighted by atomic mass is 9.99. The van der Waals surface area contributed by atoms with Gasteiger partial charge in [0.2, 0.25) is 11.8 Å². The van der Waals surface area contributed by atoms with Crippen LogP contribution in [-0.4, -0.2) is 41.0 Å². The molecule has 0 aliphatic heterocycles. The van der Waals surface area contributed by atoms with Crippen LogP contribution in [0.3, 0.4) is 0 Å². The van der Waals surface area contributed by atoms with Crippen molar-refractivity contribution in [2.24, 2.45) is 17.6 Å². The molecule has 0 fully saturated rings. The van der Waals surface area contributed by atoms with Crippen LogP contribution in [-0.2, 0) is 20.8 Å². The fourth-order valence-electron chi connectivity index (χ4n) is 2.71. The largest absolute Gasteiger partial charge is 0.480 e. The molecular formula is C20H31N3O4. The van der Waals surface area contributed by atoms with Crippen LogP contribution in [0.4, 0.5) is 0 Å². The predicted molar refractivity (Wildman–Crippen MR) is 104 cm³/mol. The van der Waals surface area contributed by atoms with Crippen molar-refractivity contribution in [1.82, 2.24) is 10.6 Å². The molecule has 7 nitrogen and oxygen atoms in total. The molecule has 150 valence electrons. The van der Waals surface area contributed by atoms with Crippen LogP contribution in [0.25, 0.3) is 0 Å². The number of nitrogens with two attached hydrogens (primary N) is 1. The Kier molecular flexibility index (Phi) is 8.94. The fraction of sp³-hybridized carbons (Fsp3) is 0.550. The van der Waals surface area contributed by atoms with Gasteiger partial charge >= 0.3 is 5.97 Å². The monoisotopic (exact) mass is 377 g/mol. The highest BCUT2D eigenvalue weighted by Gasteiger charge is 2.29. The van der Waals surface area contributed by atoms with Gasteiger partial charge < -0.3 is 21.5 Å². The van der Waals surface area contributed by atoms with E-state index in [-0.39, 0.29) is 11.8 Å². The Hall–Kier alpha value is -2.41. The highest BCUT2D eigenvalue weighted by atomic mass is 16.4. The second kappa shape index (κ2) is 10.7. The van der Waals surface area contributed by atoms with Crippen molar-refractivity contribution in [3.05, 3.63) is 35.9 Å². The zero-order chi connectivity index (χ0) is 20.6. The van der Waals surface area contributed by atoms with Gasteiger partial charge in [0.05, 0.1) is 6.04 Å². The van der Waals surface area contributed by atoms with E-state index in [4.69, 9.17) is 5.73 Å². The summed E-state index contributed by atoms with van der Waals surface area (Å²) in [5.74, 6) is -2.19. The Morgan fingerprint density at radius 3 is 2.07 bits per heavy atom. The Balaban J connectivity index is 2.79. The van der Waals surface area contributed by atoms with Crippen LogP contribution in [0, 0.1) is 11.8 Å². The standard InChI is InChI=1S/C20H31N3O4/c1-12(2)10-16(19(25)23-17(13(3)4)20(26)27)22-18(24)15(21)11-14-8-6-5-7-9-14/h5-9,12-13,15-17H,10-11,21H2,1-4H3,(H,22,24)(H,23,25)(H,26,27)/t15-,16-,17-/m0/s1. The summed E-state index contributed by atoms with van der Waals surface area (Å²) >= 11 is 0. The Morgan fingerprint density at radius 2 is 1.59 bits per heavy atom. The molecule has 0 radical (unpaired) electrons. The molecule has 0 aromatic heterocycles. The third-order valence-corrected chi connectivity index (χ3v) is 4.21. The average Bonchev–Trinajstić information content (AvgIpc) is 2.58. The first-order chi connectivity index (χ1) is 12.6. The lowest BCUT2D eigenvalue weighted by Gasteiger charge is -2.25. The van der Waals surface area contributed by atoms with E-state index in [2.05, 4.69) is 10.6 Å². The van der Waals surface area contributed by atoms with E-state index in [1.807, 2.05) is 44.2 Å². The first-order valence-corrected chi connectivity index (χ1v) is 9.24. The first kappa shape index (κ1) is 22.6. The number of carbonyl (C=O) groups excluding carboxylic acids is 2. The van der Waals surface area contributed by atoms with Gasteiger partial charge in [0.1, 0.15) is 12.1 Å².